The lowest BCUT2D eigenvalue weighted by Crippen LogP contribution is -2.00. The molecule has 1 unspecified atom stereocenters. The van der Waals surface area contributed by atoms with Crippen molar-refractivity contribution in [3.63, 3.8) is 0 Å². The van der Waals surface area contributed by atoms with E-state index in [0.717, 1.165) is 6.04 Å². The lowest BCUT2D eigenvalue weighted by molar-refractivity contribution is 0.215. The van der Waals surface area contributed by atoms with Crippen LogP contribution in [0.5, 0.6) is 0 Å². The Bertz CT molecular complexity index is 28.7. The van der Waals surface area contributed by atoms with Crippen LogP contribution >= 0.6 is 0 Å². The quantitative estimate of drug-likeness (QED) is 0.489. The fourth-order valence-electron chi connectivity index (χ4n) is 0.418. The van der Waals surface area contributed by atoms with Crippen LogP contribution in [0.2, 0.25) is 12.6 Å². The molecule has 0 spiro atoms. The smallest absolute Gasteiger partial charge is 0.0483 e. The van der Waals surface area contributed by atoms with Crippen molar-refractivity contribution in [2.24, 2.45) is 0 Å². The van der Waals surface area contributed by atoms with Gasteiger partial charge in [-0.3, -0.25) is 0 Å². The van der Waals surface area contributed by atoms with Gasteiger partial charge in [0.1, 0.15) is 0 Å². The summed E-state index contributed by atoms with van der Waals surface area (Å²) in [4.78, 5) is 0. The van der Waals surface area contributed by atoms with Gasteiger partial charge in [-0.2, -0.15) is 0 Å². The first kappa shape index (κ1) is 6.18. The van der Waals surface area contributed by atoms with Crippen molar-refractivity contribution in [2.45, 2.75) is 25.6 Å². The molecule has 1 nitrogen and oxygen atoms in total. The summed E-state index contributed by atoms with van der Waals surface area (Å²) < 4.78 is 0. The first-order valence-electron chi connectivity index (χ1n) is 2.45. The second-order valence-electron chi connectivity index (χ2n) is 1.64. The summed E-state index contributed by atoms with van der Waals surface area (Å²) in [7, 11) is 0.117. The maximum atomic E-state index is 8.59. The standard InChI is InChI=1S/C4H12OSi/c1-4(5)3-6-2/h4-5H,3,6H2,1-2H3. The van der Waals surface area contributed by atoms with Gasteiger partial charge in [-0.1, -0.05) is 6.55 Å². The number of hydrogen-bond acceptors (Lipinski definition) is 1. The van der Waals surface area contributed by atoms with Gasteiger partial charge in [0.2, 0.25) is 0 Å². The van der Waals surface area contributed by atoms with Crippen molar-refractivity contribution < 1.29 is 5.11 Å². The predicted molar refractivity (Wildman–Crippen MR) is 30.9 cm³/mol. The Morgan fingerprint density at radius 1 is 1.83 bits per heavy atom. The lowest BCUT2D eigenvalue weighted by atomic mass is 10.5. The molecule has 0 aliphatic rings. The Balaban J connectivity index is 2.63. The van der Waals surface area contributed by atoms with Gasteiger partial charge in [0.25, 0.3) is 0 Å². The molecule has 0 radical (unpaired) electrons. The molecule has 0 aromatic heterocycles. The van der Waals surface area contributed by atoms with Crippen LogP contribution in [0.4, 0.5) is 0 Å². The van der Waals surface area contributed by atoms with Crippen molar-refractivity contribution in [3.8, 4) is 0 Å². The molecule has 0 heterocycles. The first-order chi connectivity index (χ1) is 2.77. The summed E-state index contributed by atoms with van der Waals surface area (Å²) in [5, 5.41) is 8.59. The number of rotatable bonds is 2. The molecule has 2 heteroatoms. The van der Waals surface area contributed by atoms with E-state index in [1.165, 1.54) is 0 Å². The number of aliphatic hydroxyl groups excluding tert-OH is 1. The highest BCUT2D eigenvalue weighted by Gasteiger charge is 1.87. The maximum absolute atomic E-state index is 8.59. The zero-order valence-electron chi connectivity index (χ0n) is 4.44. The zero-order chi connectivity index (χ0) is 4.99. The van der Waals surface area contributed by atoms with Gasteiger partial charge < -0.3 is 5.11 Å². The molecule has 0 aliphatic carbocycles. The summed E-state index contributed by atoms with van der Waals surface area (Å²) in [5.74, 6) is 0. The predicted octanol–water partition coefficient (Wildman–Crippen LogP) is 0.00240. The molecule has 0 saturated carbocycles. The highest BCUT2D eigenvalue weighted by molar-refractivity contribution is 6.33. The van der Waals surface area contributed by atoms with E-state index >= 15 is 0 Å². The normalized spacial score (nSPS) is 16.5. The van der Waals surface area contributed by atoms with Gasteiger partial charge in [-0.15, -0.1) is 0 Å². The lowest BCUT2D eigenvalue weighted by Gasteiger charge is -1.95. The van der Waals surface area contributed by atoms with E-state index in [1.54, 1.807) is 0 Å². The largest absolute Gasteiger partial charge is 0.394 e. The molecule has 0 aromatic rings. The van der Waals surface area contributed by atoms with Crippen molar-refractivity contribution in [2.75, 3.05) is 0 Å². The van der Waals surface area contributed by atoms with Crippen LogP contribution in [0.25, 0.3) is 0 Å². The van der Waals surface area contributed by atoms with E-state index < -0.39 is 0 Å². The van der Waals surface area contributed by atoms with E-state index in [1.807, 2.05) is 6.92 Å². The molecule has 0 bridgehead atoms. The molecule has 0 fully saturated rings. The minimum absolute atomic E-state index is 0.0401. The molecular weight excluding hydrogens is 92.1 g/mol. The molecule has 0 amide bonds. The third-order valence-corrected chi connectivity index (χ3v) is 2.12. The van der Waals surface area contributed by atoms with Crippen LogP contribution in [-0.2, 0) is 0 Å². The van der Waals surface area contributed by atoms with E-state index in [-0.39, 0.29) is 15.6 Å². The molecular formula is C4H12OSi. The van der Waals surface area contributed by atoms with E-state index in [0.29, 0.717) is 0 Å². The van der Waals surface area contributed by atoms with Crippen LogP contribution in [-0.4, -0.2) is 20.7 Å². The maximum Gasteiger partial charge on any atom is 0.0483 e. The minimum atomic E-state index is -0.0401. The van der Waals surface area contributed by atoms with Gasteiger partial charge in [-0.05, 0) is 13.0 Å². The summed E-state index contributed by atoms with van der Waals surface area (Å²) in [5.41, 5.74) is 0. The van der Waals surface area contributed by atoms with Crippen LogP contribution in [0.1, 0.15) is 6.92 Å². The van der Waals surface area contributed by atoms with Gasteiger partial charge >= 0.3 is 0 Å². The number of hydrogen-bond donors (Lipinski definition) is 1. The van der Waals surface area contributed by atoms with Gasteiger partial charge in [0.15, 0.2) is 0 Å². The van der Waals surface area contributed by atoms with Crippen molar-refractivity contribution >= 4 is 9.52 Å². The Hall–Kier alpha value is 0.177. The Labute approximate surface area is 41.2 Å². The highest BCUT2D eigenvalue weighted by atomic mass is 28.2. The fourth-order valence-corrected chi connectivity index (χ4v) is 1.25. The van der Waals surface area contributed by atoms with E-state index in [4.69, 9.17) is 5.11 Å². The minimum Gasteiger partial charge on any atom is -0.394 e. The molecule has 0 aliphatic heterocycles. The second kappa shape index (κ2) is 3.37. The SMILES string of the molecule is C[SiH2]CC(C)O. The second-order valence-corrected chi connectivity index (χ2v) is 3.22. The molecule has 38 valence electrons. The average Bonchev–Trinajstić information content (AvgIpc) is 1.35. The summed E-state index contributed by atoms with van der Waals surface area (Å²) >= 11 is 0. The van der Waals surface area contributed by atoms with Crippen molar-refractivity contribution in [1.82, 2.24) is 0 Å². The average molecular weight is 104 g/mol. The Morgan fingerprint density at radius 2 is 2.33 bits per heavy atom. The Kier molecular flexibility index (Phi) is 3.47. The van der Waals surface area contributed by atoms with Crippen molar-refractivity contribution in [1.29, 1.82) is 0 Å². The molecule has 1 atom stereocenters. The molecule has 0 saturated heterocycles. The van der Waals surface area contributed by atoms with Crippen LogP contribution in [0, 0.1) is 0 Å². The molecule has 0 rings (SSSR count). The third-order valence-electron chi connectivity index (χ3n) is 0.706. The van der Waals surface area contributed by atoms with Crippen LogP contribution in [0.3, 0.4) is 0 Å². The molecule has 6 heavy (non-hydrogen) atoms. The Morgan fingerprint density at radius 3 is 2.33 bits per heavy atom. The van der Waals surface area contributed by atoms with E-state index in [9.17, 15) is 0 Å². The molecule has 0 aromatic carbocycles. The summed E-state index contributed by atoms with van der Waals surface area (Å²) in [6.07, 6.45) is -0.0401. The highest BCUT2D eigenvalue weighted by Crippen LogP contribution is 1.85. The van der Waals surface area contributed by atoms with E-state index in [2.05, 4.69) is 6.55 Å². The van der Waals surface area contributed by atoms with Gasteiger partial charge in [-0.25, -0.2) is 0 Å². The van der Waals surface area contributed by atoms with Crippen LogP contribution in [0.15, 0.2) is 0 Å². The molecule has 1 N–H and O–H groups in total. The van der Waals surface area contributed by atoms with Gasteiger partial charge in [0, 0.05) is 15.6 Å². The summed E-state index contributed by atoms with van der Waals surface area (Å²) in [6.45, 7) is 4.04. The fraction of sp³-hybridized carbons (Fsp3) is 1.00. The third kappa shape index (κ3) is 4.18. The zero-order valence-corrected chi connectivity index (χ0v) is 5.85. The monoisotopic (exact) mass is 104 g/mol. The van der Waals surface area contributed by atoms with Crippen LogP contribution < -0.4 is 0 Å². The topological polar surface area (TPSA) is 20.2 Å². The summed E-state index contributed by atoms with van der Waals surface area (Å²) in [6, 6.07) is 1.07. The number of aliphatic hydroxyl groups is 1. The first-order valence-corrected chi connectivity index (χ1v) is 4.87. The van der Waals surface area contributed by atoms with Crippen molar-refractivity contribution in [3.05, 3.63) is 0 Å². The van der Waals surface area contributed by atoms with Gasteiger partial charge in [0.05, 0.1) is 0 Å².